The molecular weight excluding hydrogens is 385 g/mol. The fraction of sp³-hybridized carbons (Fsp3) is 0.304. The van der Waals surface area contributed by atoms with E-state index in [2.05, 4.69) is 9.88 Å². The monoisotopic (exact) mass is 407 g/mol. The zero-order valence-corrected chi connectivity index (χ0v) is 16.7. The molecule has 0 aliphatic carbocycles. The van der Waals surface area contributed by atoms with Gasteiger partial charge in [0, 0.05) is 43.8 Å². The lowest BCUT2D eigenvalue weighted by Gasteiger charge is -2.35. The summed E-state index contributed by atoms with van der Waals surface area (Å²) in [5.74, 6) is 1.13. The van der Waals surface area contributed by atoms with Crippen molar-refractivity contribution in [3.05, 3.63) is 65.1 Å². The van der Waals surface area contributed by atoms with Crippen LogP contribution in [0.3, 0.4) is 0 Å². The summed E-state index contributed by atoms with van der Waals surface area (Å²) in [5, 5.41) is 0.563. The molecular formula is C23H22FN3O3. The number of halogens is 1. The largest absolute Gasteiger partial charge is 0.454 e. The number of hydrogen-bond acceptors (Lipinski definition) is 5. The van der Waals surface area contributed by atoms with Crippen molar-refractivity contribution in [2.45, 2.75) is 13.5 Å². The highest BCUT2D eigenvalue weighted by atomic mass is 19.1. The zero-order valence-electron chi connectivity index (χ0n) is 16.7. The molecule has 1 saturated heterocycles. The van der Waals surface area contributed by atoms with Gasteiger partial charge in [-0.05, 0) is 48.9 Å². The lowest BCUT2D eigenvalue weighted by Crippen LogP contribution is -2.48. The van der Waals surface area contributed by atoms with Gasteiger partial charge in [-0.1, -0.05) is 6.07 Å². The third-order valence-corrected chi connectivity index (χ3v) is 5.63. The number of fused-ring (bicyclic) bond motifs is 2. The van der Waals surface area contributed by atoms with Gasteiger partial charge in [-0.3, -0.25) is 14.7 Å². The molecule has 0 bridgehead atoms. The van der Waals surface area contributed by atoms with Gasteiger partial charge in [0.05, 0.1) is 11.1 Å². The molecule has 0 N–H and O–H groups in total. The number of carbonyl (C=O) groups is 1. The lowest BCUT2D eigenvalue weighted by atomic mass is 10.1. The molecule has 0 atom stereocenters. The van der Waals surface area contributed by atoms with Crippen LogP contribution in [0.1, 0.15) is 21.6 Å². The predicted molar refractivity (Wildman–Crippen MR) is 110 cm³/mol. The van der Waals surface area contributed by atoms with E-state index in [-0.39, 0.29) is 18.5 Å². The molecule has 2 aliphatic rings. The van der Waals surface area contributed by atoms with Gasteiger partial charge in [-0.25, -0.2) is 4.39 Å². The van der Waals surface area contributed by atoms with E-state index < -0.39 is 0 Å². The second-order valence-electron chi connectivity index (χ2n) is 7.73. The van der Waals surface area contributed by atoms with Crippen LogP contribution in [0.5, 0.6) is 11.5 Å². The SMILES string of the molecule is Cc1cc(C(=O)N2CCN(Cc3ccc4c(c3)OCO4)CC2)c2cc(F)ccc2n1. The van der Waals surface area contributed by atoms with Crippen LogP contribution < -0.4 is 9.47 Å². The Kier molecular flexibility index (Phi) is 4.75. The van der Waals surface area contributed by atoms with E-state index in [9.17, 15) is 9.18 Å². The highest BCUT2D eigenvalue weighted by Gasteiger charge is 2.24. The van der Waals surface area contributed by atoms with Gasteiger partial charge in [0.1, 0.15) is 5.82 Å². The number of rotatable bonds is 3. The molecule has 6 nitrogen and oxygen atoms in total. The predicted octanol–water partition coefficient (Wildman–Crippen LogP) is 3.37. The summed E-state index contributed by atoms with van der Waals surface area (Å²) >= 11 is 0. The summed E-state index contributed by atoms with van der Waals surface area (Å²) in [4.78, 5) is 21.8. The fourth-order valence-corrected chi connectivity index (χ4v) is 4.08. The first kappa shape index (κ1) is 18.8. The number of ether oxygens (including phenoxy) is 2. The van der Waals surface area contributed by atoms with E-state index in [4.69, 9.17) is 9.47 Å². The van der Waals surface area contributed by atoms with E-state index >= 15 is 0 Å². The smallest absolute Gasteiger partial charge is 0.254 e. The van der Waals surface area contributed by atoms with E-state index in [1.54, 1.807) is 12.1 Å². The second-order valence-corrected chi connectivity index (χ2v) is 7.73. The zero-order chi connectivity index (χ0) is 20.7. The first-order chi connectivity index (χ1) is 14.6. The molecule has 30 heavy (non-hydrogen) atoms. The number of pyridine rings is 1. The molecule has 5 rings (SSSR count). The Morgan fingerprint density at radius 2 is 1.83 bits per heavy atom. The quantitative estimate of drug-likeness (QED) is 0.666. The van der Waals surface area contributed by atoms with Gasteiger partial charge in [0.25, 0.3) is 5.91 Å². The summed E-state index contributed by atoms with van der Waals surface area (Å²) in [7, 11) is 0. The molecule has 154 valence electrons. The minimum atomic E-state index is -0.365. The molecule has 3 aromatic rings. The highest BCUT2D eigenvalue weighted by molar-refractivity contribution is 6.06. The molecule has 0 radical (unpaired) electrons. The van der Waals surface area contributed by atoms with Crippen molar-refractivity contribution in [2.24, 2.45) is 0 Å². The molecule has 0 unspecified atom stereocenters. The molecule has 7 heteroatoms. The summed E-state index contributed by atoms with van der Waals surface area (Å²) in [6, 6.07) is 12.1. The number of benzene rings is 2. The molecule has 0 spiro atoms. The van der Waals surface area contributed by atoms with Gasteiger partial charge in [-0.15, -0.1) is 0 Å². The minimum absolute atomic E-state index is 0.0705. The lowest BCUT2D eigenvalue weighted by molar-refractivity contribution is 0.0630. The van der Waals surface area contributed by atoms with Crippen molar-refractivity contribution in [3.63, 3.8) is 0 Å². The Morgan fingerprint density at radius 3 is 2.67 bits per heavy atom. The Morgan fingerprint density at radius 1 is 1.03 bits per heavy atom. The Hall–Kier alpha value is -3.19. The van der Waals surface area contributed by atoms with Crippen LogP contribution in [0.15, 0.2) is 42.5 Å². The third kappa shape index (κ3) is 3.57. The maximum absolute atomic E-state index is 13.8. The maximum atomic E-state index is 13.8. The van der Waals surface area contributed by atoms with E-state index in [1.165, 1.54) is 12.1 Å². The normalized spacial score (nSPS) is 16.3. The van der Waals surface area contributed by atoms with Crippen molar-refractivity contribution in [1.29, 1.82) is 0 Å². The van der Waals surface area contributed by atoms with Crippen molar-refractivity contribution in [3.8, 4) is 11.5 Å². The maximum Gasteiger partial charge on any atom is 0.254 e. The van der Waals surface area contributed by atoms with Crippen LogP contribution in [0, 0.1) is 12.7 Å². The van der Waals surface area contributed by atoms with Crippen LogP contribution in [-0.2, 0) is 6.54 Å². The van der Waals surface area contributed by atoms with Gasteiger partial charge in [0.2, 0.25) is 6.79 Å². The summed E-state index contributed by atoms with van der Waals surface area (Å²) in [5.41, 5.74) is 3.06. The molecule has 1 amide bonds. The standard InChI is InChI=1S/C23H22FN3O3/c1-15-10-19(18-12-17(24)3-4-20(18)25-15)23(28)27-8-6-26(7-9-27)13-16-2-5-21-22(11-16)30-14-29-21/h2-5,10-12H,6-9,13-14H2,1H3. The van der Waals surface area contributed by atoms with Gasteiger partial charge >= 0.3 is 0 Å². The average Bonchev–Trinajstić information content (AvgIpc) is 3.21. The summed E-state index contributed by atoms with van der Waals surface area (Å²) in [6.07, 6.45) is 0. The fourth-order valence-electron chi connectivity index (χ4n) is 4.08. The van der Waals surface area contributed by atoms with E-state index in [0.717, 1.165) is 42.4 Å². The molecule has 2 aliphatic heterocycles. The number of aromatic nitrogens is 1. The molecule has 1 aromatic heterocycles. The molecule has 0 saturated carbocycles. The van der Waals surface area contributed by atoms with E-state index in [1.807, 2.05) is 30.0 Å². The minimum Gasteiger partial charge on any atom is -0.454 e. The topological polar surface area (TPSA) is 54.9 Å². The van der Waals surface area contributed by atoms with Crippen molar-refractivity contribution >= 4 is 16.8 Å². The first-order valence-electron chi connectivity index (χ1n) is 10.0. The average molecular weight is 407 g/mol. The Balaban J connectivity index is 1.28. The third-order valence-electron chi connectivity index (χ3n) is 5.63. The number of hydrogen-bond donors (Lipinski definition) is 0. The van der Waals surface area contributed by atoms with Crippen LogP contribution in [0.25, 0.3) is 10.9 Å². The molecule has 2 aromatic carbocycles. The molecule has 1 fully saturated rings. The number of aryl methyl sites for hydroxylation is 1. The van der Waals surface area contributed by atoms with Crippen LogP contribution in [-0.4, -0.2) is 53.7 Å². The van der Waals surface area contributed by atoms with E-state index in [0.29, 0.717) is 29.6 Å². The summed E-state index contributed by atoms with van der Waals surface area (Å²) < 4.78 is 24.6. The van der Waals surface area contributed by atoms with Crippen molar-refractivity contribution in [2.75, 3.05) is 33.0 Å². The first-order valence-corrected chi connectivity index (χ1v) is 10.0. The Bertz CT molecular complexity index is 1130. The number of nitrogens with zero attached hydrogens (tertiary/aromatic N) is 3. The van der Waals surface area contributed by atoms with Gasteiger partial charge in [-0.2, -0.15) is 0 Å². The Labute approximate surface area is 173 Å². The number of piperazine rings is 1. The second kappa shape index (κ2) is 7.57. The van der Waals surface area contributed by atoms with Gasteiger partial charge < -0.3 is 14.4 Å². The van der Waals surface area contributed by atoms with Crippen LogP contribution in [0.2, 0.25) is 0 Å². The van der Waals surface area contributed by atoms with Gasteiger partial charge in [0.15, 0.2) is 11.5 Å². The number of amides is 1. The van der Waals surface area contributed by atoms with Crippen LogP contribution >= 0.6 is 0 Å². The van der Waals surface area contributed by atoms with Crippen LogP contribution in [0.4, 0.5) is 4.39 Å². The van der Waals surface area contributed by atoms with Crippen molar-refractivity contribution in [1.82, 2.24) is 14.8 Å². The molecule has 3 heterocycles. The number of carbonyl (C=O) groups excluding carboxylic acids is 1. The summed E-state index contributed by atoms with van der Waals surface area (Å²) in [6.45, 7) is 5.72. The highest BCUT2D eigenvalue weighted by Crippen LogP contribution is 2.33. The van der Waals surface area contributed by atoms with Crippen molar-refractivity contribution < 1.29 is 18.7 Å².